The Bertz CT molecular complexity index is 405. The molecule has 0 aliphatic carbocycles. The first-order valence-corrected chi connectivity index (χ1v) is 8.27. The molecule has 1 saturated heterocycles. The predicted octanol–water partition coefficient (Wildman–Crippen LogP) is 2.53. The Morgan fingerprint density at radius 3 is 1.95 bits per heavy atom. The minimum Gasteiger partial charge on any atom is -0.312 e. The van der Waals surface area contributed by atoms with Crippen molar-refractivity contribution >= 4 is 0 Å². The Kier molecular flexibility index (Phi) is 6.22. The highest BCUT2D eigenvalue weighted by molar-refractivity contribution is 5.24. The molecule has 3 nitrogen and oxygen atoms in total. The fourth-order valence-electron chi connectivity index (χ4n) is 3.09. The third kappa shape index (κ3) is 5.10. The highest BCUT2D eigenvalue weighted by atomic mass is 15.3. The Hall–Kier alpha value is -0.900. The fraction of sp³-hybridized carbons (Fsp3) is 0.667. The molecule has 3 heteroatoms. The molecule has 21 heavy (non-hydrogen) atoms. The van der Waals surface area contributed by atoms with Crippen LogP contribution >= 0.6 is 0 Å². The van der Waals surface area contributed by atoms with Gasteiger partial charge in [0.15, 0.2) is 0 Å². The van der Waals surface area contributed by atoms with Gasteiger partial charge in [-0.1, -0.05) is 43.7 Å². The van der Waals surface area contributed by atoms with Gasteiger partial charge in [-0.05, 0) is 25.5 Å². The zero-order valence-electron chi connectivity index (χ0n) is 14.1. The van der Waals surface area contributed by atoms with E-state index in [0.717, 1.165) is 12.5 Å². The van der Waals surface area contributed by atoms with Gasteiger partial charge in [-0.2, -0.15) is 0 Å². The Morgan fingerprint density at radius 1 is 0.952 bits per heavy atom. The largest absolute Gasteiger partial charge is 0.312 e. The van der Waals surface area contributed by atoms with Gasteiger partial charge in [-0.15, -0.1) is 0 Å². The number of likely N-dealkylation sites (N-methyl/N-ethyl adjacent to an activating group) is 1. The second kappa shape index (κ2) is 7.92. The van der Waals surface area contributed by atoms with Crippen molar-refractivity contribution in [2.75, 3.05) is 46.3 Å². The van der Waals surface area contributed by atoms with E-state index in [2.05, 4.69) is 67.2 Å². The van der Waals surface area contributed by atoms with Crippen LogP contribution in [0.1, 0.15) is 31.0 Å². The molecule has 1 N–H and O–H groups in total. The lowest BCUT2D eigenvalue weighted by molar-refractivity contribution is 0.115. The minimum atomic E-state index is 0.433. The average Bonchev–Trinajstić information content (AvgIpc) is 2.47. The van der Waals surface area contributed by atoms with Crippen molar-refractivity contribution in [3.05, 3.63) is 35.4 Å². The first-order valence-electron chi connectivity index (χ1n) is 8.27. The van der Waals surface area contributed by atoms with Crippen molar-refractivity contribution < 1.29 is 0 Å². The molecule has 0 bridgehead atoms. The Labute approximate surface area is 130 Å². The molecule has 0 radical (unpaired) electrons. The van der Waals surface area contributed by atoms with E-state index in [1.165, 1.54) is 43.9 Å². The lowest BCUT2D eigenvalue weighted by atomic mass is 10.0. The van der Waals surface area contributed by atoms with Gasteiger partial charge in [-0.3, -0.25) is 4.90 Å². The predicted molar refractivity (Wildman–Crippen MR) is 90.7 cm³/mol. The van der Waals surface area contributed by atoms with Crippen LogP contribution in [0, 0.1) is 12.8 Å². The van der Waals surface area contributed by atoms with E-state index in [1.54, 1.807) is 0 Å². The molecule has 118 valence electrons. The molecule has 1 aliphatic heterocycles. The smallest absolute Gasteiger partial charge is 0.0446 e. The van der Waals surface area contributed by atoms with Crippen LogP contribution in [0.5, 0.6) is 0 Å². The van der Waals surface area contributed by atoms with Gasteiger partial charge in [-0.25, -0.2) is 0 Å². The van der Waals surface area contributed by atoms with Crippen molar-refractivity contribution in [3.8, 4) is 0 Å². The number of nitrogens with zero attached hydrogens (tertiary/aromatic N) is 2. The number of nitrogens with one attached hydrogen (secondary N) is 1. The highest BCUT2D eigenvalue weighted by Crippen LogP contribution is 2.16. The number of rotatable bonds is 6. The van der Waals surface area contributed by atoms with E-state index in [9.17, 15) is 0 Å². The van der Waals surface area contributed by atoms with Gasteiger partial charge in [0.2, 0.25) is 0 Å². The van der Waals surface area contributed by atoms with E-state index >= 15 is 0 Å². The number of piperazine rings is 1. The molecular formula is C18H31N3. The summed E-state index contributed by atoms with van der Waals surface area (Å²) >= 11 is 0. The van der Waals surface area contributed by atoms with Crippen LogP contribution in [0.4, 0.5) is 0 Å². The molecule has 0 saturated carbocycles. The van der Waals surface area contributed by atoms with E-state index in [0.29, 0.717) is 6.04 Å². The molecule has 0 aromatic heterocycles. The third-order valence-electron chi connectivity index (χ3n) is 4.36. The molecule has 1 aromatic rings. The molecule has 1 aliphatic rings. The fourth-order valence-corrected chi connectivity index (χ4v) is 3.09. The van der Waals surface area contributed by atoms with Crippen LogP contribution < -0.4 is 5.32 Å². The van der Waals surface area contributed by atoms with E-state index in [1.807, 2.05) is 0 Å². The molecule has 1 aromatic carbocycles. The second-order valence-electron chi connectivity index (χ2n) is 6.75. The topological polar surface area (TPSA) is 18.5 Å². The monoisotopic (exact) mass is 289 g/mol. The van der Waals surface area contributed by atoms with Crippen molar-refractivity contribution in [3.63, 3.8) is 0 Å². The van der Waals surface area contributed by atoms with Crippen molar-refractivity contribution in [1.82, 2.24) is 15.1 Å². The lowest BCUT2D eigenvalue weighted by Gasteiger charge is -2.37. The third-order valence-corrected chi connectivity index (χ3v) is 4.36. The molecule has 1 fully saturated rings. The quantitative estimate of drug-likeness (QED) is 0.868. The van der Waals surface area contributed by atoms with Crippen molar-refractivity contribution in [2.24, 2.45) is 5.92 Å². The van der Waals surface area contributed by atoms with E-state index < -0.39 is 0 Å². The van der Waals surface area contributed by atoms with Crippen LogP contribution in [-0.4, -0.2) is 56.1 Å². The summed E-state index contributed by atoms with van der Waals surface area (Å²) < 4.78 is 0. The number of benzene rings is 1. The van der Waals surface area contributed by atoms with Crippen molar-refractivity contribution in [1.29, 1.82) is 0 Å². The summed E-state index contributed by atoms with van der Waals surface area (Å²) in [4.78, 5) is 5.19. The summed E-state index contributed by atoms with van der Waals surface area (Å²) in [5.74, 6) is 0.772. The normalized spacial score (nSPS) is 19.1. The number of aryl methyl sites for hydroxylation is 1. The van der Waals surface area contributed by atoms with Gasteiger partial charge in [0.1, 0.15) is 0 Å². The molecule has 1 atom stereocenters. The van der Waals surface area contributed by atoms with Gasteiger partial charge in [0, 0.05) is 45.3 Å². The van der Waals surface area contributed by atoms with Gasteiger partial charge >= 0.3 is 0 Å². The van der Waals surface area contributed by atoms with Crippen LogP contribution in [0.2, 0.25) is 0 Å². The zero-order valence-corrected chi connectivity index (χ0v) is 14.1. The first kappa shape index (κ1) is 16.5. The summed E-state index contributed by atoms with van der Waals surface area (Å²) in [5, 5.41) is 3.47. The van der Waals surface area contributed by atoms with Crippen LogP contribution in [0.3, 0.4) is 0 Å². The molecule has 0 spiro atoms. The summed E-state index contributed by atoms with van der Waals surface area (Å²) in [6.45, 7) is 13.9. The van der Waals surface area contributed by atoms with Crippen molar-refractivity contribution in [2.45, 2.75) is 26.8 Å². The van der Waals surface area contributed by atoms with Gasteiger partial charge < -0.3 is 10.2 Å². The molecule has 2 rings (SSSR count). The van der Waals surface area contributed by atoms with Gasteiger partial charge in [0.25, 0.3) is 0 Å². The maximum Gasteiger partial charge on any atom is 0.0446 e. The van der Waals surface area contributed by atoms with Crippen LogP contribution in [0.15, 0.2) is 24.3 Å². The standard InChI is InChI=1S/C18H31N3/c1-15(2)13-20-9-11-21(12-10-20)14-18(19-4)17-7-5-16(3)6-8-17/h5-8,15,18-19H,9-14H2,1-4H3. The average molecular weight is 289 g/mol. The van der Waals surface area contributed by atoms with Crippen LogP contribution in [0.25, 0.3) is 0 Å². The second-order valence-corrected chi connectivity index (χ2v) is 6.75. The number of hydrogen-bond acceptors (Lipinski definition) is 3. The highest BCUT2D eigenvalue weighted by Gasteiger charge is 2.20. The summed E-state index contributed by atoms with van der Waals surface area (Å²) in [5.41, 5.74) is 2.73. The van der Waals surface area contributed by atoms with E-state index in [4.69, 9.17) is 0 Å². The summed E-state index contributed by atoms with van der Waals surface area (Å²) in [7, 11) is 2.07. The lowest BCUT2D eigenvalue weighted by Crippen LogP contribution is -2.49. The maximum atomic E-state index is 3.47. The summed E-state index contributed by atoms with van der Waals surface area (Å²) in [6.07, 6.45) is 0. The van der Waals surface area contributed by atoms with E-state index in [-0.39, 0.29) is 0 Å². The summed E-state index contributed by atoms with van der Waals surface area (Å²) in [6, 6.07) is 9.36. The minimum absolute atomic E-state index is 0.433. The Balaban J connectivity index is 1.84. The molecular weight excluding hydrogens is 258 g/mol. The maximum absolute atomic E-state index is 3.47. The van der Waals surface area contributed by atoms with Crippen LogP contribution in [-0.2, 0) is 0 Å². The first-order chi connectivity index (χ1) is 10.1. The Morgan fingerprint density at radius 2 is 1.48 bits per heavy atom. The molecule has 1 heterocycles. The molecule has 1 unspecified atom stereocenters. The SMILES string of the molecule is CNC(CN1CCN(CC(C)C)CC1)c1ccc(C)cc1. The number of hydrogen-bond donors (Lipinski definition) is 1. The van der Waals surface area contributed by atoms with Gasteiger partial charge in [0.05, 0.1) is 0 Å². The molecule has 0 amide bonds. The zero-order chi connectivity index (χ0) is 15.2.